The zero-order chi connectivity index (χ0) is 66.2. The molecule has 0 aliphatic heterocycles. The Hall–Kier alpha value is -12.3. The molecule has 0 atom stereocenters. The van der Waals surface area contributed by atoms with Crippen molar-refractivity contribution in [3.05, 3.63) is 182 Å². The fraction of sp³-hybridized carbons (Fsp3) is 0. The van der Waals surface area contributed by atoms with Gasteiger partial charge in [0.15, 0.2) is 0 Å². The van der Waals surface area contributed by atoms with E-state index < -0.39 is 15.8 Å². The Kier molecular flexibility index (Phi) is 6.08. The van der Waals surface area contributed by atoms with Crippen molar-refractivity contribution in [3.63, 3.8) is 0 Å². The minimum absolute atomic E-state index is 0. The van der Waals surface area contributed by atoms with E-state index >= 15 is 0 Å². The summed E-state index contributed by atoms with van der Waals surface area (Å²) in [5, 5.41) is 125. The molecule has 0 radical (unpaired) electrons. The van der Waals surface area contributed by atoms with E-state index in [1.165, 1.54) is 31.8 Å². The van der Waals surface area contributed by atoms with Gasteiger partial charge in [-0.05, 0) is 72.8 Å². The van der Waals surface area contributed by atoms with E-state index in [0.29, 0.717) is 0 Å². The fourth-order valence-electron chi connectivity index (χ4n) is 30.9. The Labute approximate surface area is 622 Å². The molecule has 0 saturated heterocycles. The summed E-state index contributed by atoms with van der Waals surface area (Å²) in [6, 6.07) is 65.0. The van der Waals surface area contributed by atoms with Gasteiger partial charge in [-0.25, -0.2) is 0 Å². The van der Waals surface area contributed by atoms with Crippen molar-refractivity contribution in [2.75, 3.05) is 0 Å². The van der Waals surface area contributed by atoms with Crippen LogP contribution in [0.3, 0.4) is 0 Å². The molecular formula is C106H32P2Pd+2. The second-order valence-corrected chi connectivity index (χ2v) is 40.2. The smallest absolute Gasteiger partial charge is 0.0620 e. The van der Waals surface area contributed by atoms with E-state index in [4.69, 9.17) is 0 Å². The van der Waals surface area contributed by atoms with Crippen LogP contribution >= 0.6 is 15.8 Å². The summed E-state index contributed by atoms with van der Waals surface area (Å²) in [4.78, 5) is 0. The molecule has 0 spiro atoms. The topological polar surface area (TPSA) is 0 Å². The van der Waals surface area contributed by atoms with Crippen LogP contribution in [0.25, 0.3) is 377 Å². The molecule has 0 aliphatic rings. The van der Waals surface area contributed by atoms with Gasteiger partial charge in [0.25, 0.3) is 0 Å². The van der Waals surface area contributed by atoms with Crippen LogP contribution in [-0.4, -0.2) is 0 Å². The maximum atomic E-state index is 2.24. The van der Waals surface area contributed by atoms with Crippen molar-refractivity contribution >= 4 is 425 Å². The summed E-state index contributed by atoms with van der Waals surface area (Å²) in [7, 11) is -1.75. The first kappa shape index (κ1) is 48.8. The van der Waals surface area contributed by atoms with Crippen LogP contribution in [0.15, 0.2) is 182 Å². The molecule has 0 unspecified atom stereocenters. The minimum atomic E-state index is -0.877. The van der Waals surface area contributed by atoms with Crippen LogP contribution in [0.4, 0.5) is 0 Å². The van der Waals surface area contributed by atoms with E-state index in [1.807, 2.05) is 0 Å². The van der Waals surface area contributed by atoms with Gasteiger partial charge in [0.1, 0.15) is 31.8 Å². The summed E-state index contributed by atoms with van der Waals surface area (Å²) >= 11 is 0. The molecule has 109 heavy (non-hydrogen) atoms. The quantitative estimate of drug-likeness (QED) is 0.0674. The third kappa shape index (κ3) is 3.66. The summed E-state index contributed by atoms with van der Waals surface area (Å²) in [6.45, 7) is 0. The van der Waals surface area contributed by atoms with Crippen molar-refractivity contribution in [1.29, 1.82) is 0 Å². The van der Waals surface area contributed by atoms with Crippen LogP contribution in [0, 0.1) is 0 Å². The summed E-state index contributed by atoms with van der Waals surface area (Å²) < 4.78 is 0. The number of hydrogen-bond acceptors (Lipinski definition) is 0. The molecule has 0 aliphatic carbocycles. The van der Waals surface area contributed by atoms with Gasteiger partial charge in [0, 0.05) is 397 Å². The van der Waals surface area contributed by atoms with Crippen molar-refractivity contribution in [2.24, 2.45) is 0 Å². The monoisotopic (exact) mass is 1470 g/mol. The first-order chi connectivity index (χ1) is 53.9. The predicted octanol–water partition coefficient (Wildman–Crippen LogP) is 27.0. The van der Waals surface area contributed by atoms with E-state index in [2.05, 4.69) is 182 Å². The number of rotatable bonds is 6. The van der Waals surface area contributed by atoms with E-state index in [9.17, 15) is 0 Å². The zero-order valence-corrected chi connectivity index (χ0v) is 60.2. The molecule has 43 aromatic rings. The van der Waals surface area contributed by atoms with Gasteiger partial charge >= 0.3 is 0 Å². The van der Waals surface area contributed by atoms with E-state index in [-0.39, 0.29) is 20.4 Å². The summed E-state index contributed by atoms with van der Waals surface area (Å²) in [5.74, 6) is 0. The SMILES string of the molecule is [Pd].c12c3c4c5c1c1c6c7c2c2c8c3c3c9c4c4c%10c5c5c1c1c6c6c%11c%12c%13c%14c%15c%16c%17c%14c%14c%18c%13c%11c1c1c5c%10c5c(c%14c%10c%17c%11c%13c%16c%14c%16c%15c%12c%12c%16c(c2c7c%126)c2c8c3c(c%13c%142)c2c9c4c5c%10c%112)c%181.c1ccc([PH+](c2ccccc2)c2ccccc2)cc1.c1ccc([PH+](c2ccccc2)c2ccccc2)cc1. The molecule has 0 heterocycles. The zero-order valence-electron chi connectivity index (χ0n) is 56.6. The van der Waals surface area contributed by atoms with E-state index in [1.54, 1.807) is 377 Å². The standard InChI is InChI=1S/C70.2C18H15P.Pd/c1-2-22-5-6-24-13-14-26-11-9-23-4-3(21(1)51-52(22)54(24)55(26)53(23)51)33-31(1)61-35-7-8-27-15-16-29-19-20-30-18-17-28-12-10(25(7)56-57(27)59(29)60(30)58(28)56)37(35)63(33)65-36(4)40(9)67(44(17)42(12)65)69-46(11)47(14)70(50(20)49(18)69)68-43(13)39(6)66(45(16)48(19)68)64-34(5)32(2)62(61)38(8)41(15)64;2*1-4-10-16(11-5-1)19(17-12-6-2-7-13-17)18-14-8-3-9-15-18;/h;2*1-15H;/p+2. The average Bonchev–Trinajstić information content (AvgIpc) is 1.39. The van der Waals surface area contributed by atoms with Crippen LogP contribution in [0.1, 0.15) is 0 Å². The van der Waals surface area contributed by atoms with Crippen molar-refractivity contribution in [3.8, 4) is 0 Å². The molecule has 0 nitrogen and oxygen atoms in total. The Morgan fingerprint density at radius 3 is 0.193 bits per heavy atom. The van der Waals surface area contributed by atoms with Crippen molar-refractivity contribution in [2.45, 2.75) is 0 Å². The molecule has 0 saturated carbocycles. The molecule has 0 N–H and O–H groups in total. The maximum Gasteiger partial charge on any atom is 0.102 e. The van der Waals surface area contributed by atoms with Gasteiger partial charge in [-0.1, -0.05) is 109 Å². The van der Waals surface area contributed by atoms with Crippen LogP contribution in [0.5, 0.6) is 0 Å². The largest absolute Gasteiger partial charge is 0.102 e. The maximum absolute atomic E-state index is 2.24. The third-order valence-electron chi connectivity index (χ3n) is 32.6. The Morgan fingerprint density at radius 1 is 0.0826 bits per heavy atom. The first-order valence-electron chi connectivity index (χ1n) is 39.2. The summed E-state index contributed by atoms with van der Waals surface area (Å²) in [5.41, 5.74) is 0. The van der Waals surface area contributed by atoms with Crippen molar-refractivity contribution in [1.82, 2.24) is 0 Å². The average molecular weight is 1470 g/mol. The molecule has 43 rings (SSSR count). The normalized spacial score (nSPS) is 15.2. The van der Waals surface area contributed by atoms with Gasteiger partial charge in [0.05, 0.1) is 15.8 Å². The second-order valence-electron chi connectivity index (χ2n) is 35.2. The Bertz CT molecular complexity index is 8650. The van der Waals surface area contributed by atoms with Gasteiger partial charge in [0.2, 0.25) is 0 Å². The first-order valence-corrected chi connectivity index (χ1v) is 42.2. The summed E-state index contributed by atoms with van der Waals surface area (Å²) in [6.07, 6.45) is 0. The van der Waals surface area contributed by atoms with Crippen molar-refractivity contribution < 1.29 is 20.4 Å². The third-order valence-corrected chi connectivity index (χ3v) is 38.1. The number of hydrogen-bond donors (Lipinski definition) is 0. The molecule has 43 aromatic carbocycles. The molecule has 0 bridgehead atoms. The Morgan fingerprint density at radius 2 is 0.138 bits per heavy atom. The Balaban J connectivity index is 0.000000116. The van der Waals surface area contributed by atoms with Crippen LogP contribution < -0.4 is 31.8 Å². The van der Waals surface area contributed by atoms with Gasteiger partial charge < -0.3 is 0 Å². The minimum Gasteiger partial charge on any atom is -0.0620 e. The molecule has 0 aromatic heterocycles. The van der Waals surface area contributed by atoms with Gasteiger partial charge in [-0.2, -0.15) is 0 Å². The molecule has 474 valence electrons. The van der Waals surface area contributed by atoms with E-state index in [0.717, 1.165) is 0 Å². The van der Waals surface area contributed by atoms with Crippen LogP contribution in [0.2, 0.25) is 0 Å². The number of benzene rings is 31. The molecule has 0 fully saturated rings. The molecule has 3 heteroatoms. The fourth-order valence-corrected chi connectivity index (χ4v) is 36.0. The van der Waals surface area contributed by atoms with Crippen LogP contribution in [-0.2, 0) is 20.4 Å². The predicted molar refractivity (Wildman–Crippen MR) is 477 cm³/mol. The second kappa shape index (κ2) is 13.6. The van der Waals surface area contributed by atoms with Gasteiger partial charge in [-0.3, -0.25) is 0 Å². The molecule has 0 amide bonds. The van der Waals surface area contributed by atoms with Gasteiger partial charge in [-0.15, -0.1) is 0 Å². The molecular weight excluding hydrogens is 1440 g/mol.